The van der Waals surface area contributed by atoms with Crippen molar-refractivity contribution in [1.29, 1.82) is 5.26 Å². The number of rotatable bonds is 3. The molecule has 1 aromatic carbocycles. The van der Waals surface area contributed by atoms with E-state index in [1.807, 2.05) is 0 Å². The largest absolute Gasteiger partial charge is 0.368 e. The molecule has 0 aliphatic carbocycles. The lowest BCUT2D eigenvalue weighted by atomic mass is 10.1. The van der Waals surface area contributed by atoms with Crippen LogP contribution in [0.5, 0.6) is 0 Å². The summed E-state index contributed by atoms with van der Waals surface area (Å²) in [6, 6.07) is 7.09. The minimum absolute atomic E-state index is 0.0454. The molecule has 8 heteroatoms. The molecule has 2 rings (SSSR count). The highest BCUT2D eigenvalue weighted by atomic mass is 35.5. The Bertz CT molecular complexity index is 779. The first-order chi connectivity index (χ1) is 10.4. The normalized spacial score (nSPS) is 11.1. The number of allylic oxidation sites excluding steroid dienone is 1. The zero-order chi connectivity index (χ0) is 16.3. The van der Waals surface area contributed by atoms with E-state index in [1.165, 1.54) is 0 Å². The molecule has 2 aromatic rings. The number of hydrogen-bond donors (Lipinski definition) is 1. The maximum Gasteiger partial charge on any atom is 0.230 e. The van der Waals surface area contributed by atoms with Crippen molar-refractivity contribution in [3.05, 3.63) is 39.6 Å². The number of nitriles is 1. The zero-order valence-corrected chi connectivity index (χ0v) is 13.4. The molecule has 22 heavy (non-hydrogen) atoms. The fourth-order valence-electron chi connectivity index (χ4n) is 1.62. The SMILES string of the molecule is CN(C)c1nc(N)nc(/C(C#N)=C\c2ccc(Cl)c(Cl)c2)n1. The number of nitrogens with two attached hydrogens (primary N) is 1. The molecule has 0 bridgehead atoms. The third kappa shape index (κ3) is 3.64. The van der Waals surface area contributed by atoms with Gasteiger partial charge in [-0.1, -0.05) is 29.3 Å². The van der Waals surface area contributed by atoms with E-state index in [9.17, 15) is 5.26 Å². The van der Waals surface area contributed by atoms with Crippen LogP contribution in [0.4, 0.5) is 11.9 Å². The molecule has 0 saturated heterocycles. The van der Waals surface area contributed by atoms with Gasteiger partial charge in [0.2, 0.25) is 11.9 Å². The fraction of sp³-hybridized carbons (Fsp3) is 0.143. The summed E-state index contributed by atoms with van der Waals surface area (Å²) < 4.78 is 0. The van der Waals surface area contributed by atoms with Crippen molar-refractivity contribution >= 4 is 46.7 Å². The van der Waals surface area contributed by atoms with E-state index in [-0.39, 0.29) is 17.3 Å². The Morgan fingerprint density at radius 3 is 2.55 bits per heavy atom. The van der Waals surface area contributed by atoms with E-state index in [1.54, 1.807) is 43.3 Å². The van der Waals surface area contributed by atoms with Gasteiger partial charge in [0.05, 0.1) is 15.6 Å². The van der Waals surface area contributed by atoms with Gasteiger partial charge in [0, 0.05) is 14.1 Å². The molecular weight excluding hydrogens is 323 g/mol. The first-order valence-electron chi connectivity index (χ1n) is 6.17. The summed E-state index contributed by atoms with van der Waals surface area (Å²) in [7, 11) is 3.54. The summed E-state index contributed by atoms with van der Waals surface area (Å²) in [6.07, 6.45) is 1.61. The van der Waals surface area contributed by atoms with E-state index in [0.29, 0.717) is 21.6 Å². The molecule has 0 aliphatic heterocycles. The molecule has 0 atom stereocenters. The molecule has 0 amide bonds. The quantitative estimate of drug-likeness (QED) is 0.867. The highest BCUT2D eigenvalue weighted by molar-refractivity contribution is 6.42. The van der Waals surface area contributed by atoms with Crippen LogP contribution < -0.4 is 10.6 Å². The highest BCUT2D eigenvalue weighted by Gasteiger charge is 2.11. The van der Waals surface area contributed by atoms with E-state index in [0.717, 1.165) is 0 Å². The topological polar surface area (TPSA) is 91.7 Å². The van der Waals surface area contributed by atoms with Crippen LogP contribution in [-0.2, 0) is 0 Å². The van der Waals surface area contributed by atoms with Gasteiger partial charge in [-0.15, -0.1) is 0 Å². The van der Waals surface area contributed by atoms with Crippen molar-refractivity contribution in [3.8, 4) is 6.07 Å². The predicted molar refractivity (Wildman–Crippen MR) is 88.5 cm³/mol. The summed E-state index contributed by atoms with van der Waals surface area (Å²) in [6.45, 7) is 0. The van der Waals surface area contributed by atoms with Crippen LogP contribution in [0.15, 0.2) is 18.2 Å². The van der Waals surface area contributed by atoms with Gasteiger partial charge in [0.25, 0.3) is 0 Å². The summed E-state index contributed by atoms with van der Waals surface area (Å²) in [4.78, 5) is 13.9. The Hall–Kier alpha value is -2.36. The second-order valence-electron chi connectivity index (χ2n) is 4.56. The molecule has 0 saturated carbocycles. The molecule has 0 aliphatic rings. The Balaban J connectivity index is 2.50. The molecule has 0 fully saturated rings. The van der Waals surface area contributed by atoms with Gasteiger partial charge in [-0.3, -0.25) is 0 Å². The number of anilines is 2. The van der Waals surface area contributed by atoms with Gasteiger partial charge >= 0.3 is 0 Å². The summed E-state index contributed by atoms with van der Waals surface area (Å²) in [5, 5.41) is 10.2. The van der Waals surface area contributed by atoms with Crippen molar-refractivity contribution in [1.82, 2.24) is 15.0 Å². The van der Waals surface area contributed by atoms with Crippen molar-refractivity contribution < 1.29 is 0 Å². The molecule has 6 nitrogen and oxygen atoms in total. The Labute approximate surface area is 137 Å². The van der Waals surface area contributed by atoms with Crippen molar-refractivity contribution in [2.24, 2.45) is 0 Å². The number of hydrogen-bond acceptors (Lipinski definition) is 6. The van der Waals surface area contributed by atoms with Gasteiger partial charge < -0.3 is 10.6 Å². The van der Waals surface area contributed by atoms with Crippen LogP contribution in [-0.4, -0.2) is 29.0 Å². The maximum absolute atomic E-state index is 9.35. The Kier molecular flexibility index (Phi) is 4.81. The lowest BCUT2D eigenvalue weighted by Gasteiger charge is -2.11. The average molecular weight is 335 g/mol. The number of nitrogen functional groups attached to an aromatic ring is 1. The number of benzene rings is 1. The molecule has 0 spiro atoms. The minimum atomic E-state index is 0.0454. The summed E-state index contributed by atoms with van der Waals surface area (Å²) >= 11 is 11.8. The van der Waals surface area contributed by atoms with Crippen LogP contribution in [0.1, 0.15) is 11.4 Å². The summed E-state index contributed by atoms with van der Waals surface area (Å²) in [5.41, 5.74) is 6.61. The molecule has 0 unspecified atom stereocenters. The molecule has 112 valence electrons. The molecule has 2 N–H and O–H groups in total. The lowest BCUT2D eigenvalue weighted by Crippen LogP contribution is -2.15. The number of halogens is 2. The van der Waals surface area contributed by atoms with E-state index in [4.69, 9.17) is 28.9 Å². The second kappa shape index (κ2) is 6.60. The Morgan fingerprint density at radius 2 is 1.95 bits per heavy atom. The van der Waals surface area contributed by atoms with Gasteiger partial charge in [0.15, 0.2) is 5.82 Å². The third-order valence-corrected chi connectivity index (χ3v) is 3.40. The van der Waals surface area contributed by atoms with Crippen LogP contribution in [0.3, 0.4) is 0 Å². The first-order valence-corrected chi connectivity index (χ1v) is 6.92. The standard InChI is InChI=1S/C14H12Cl2N6/c1-22(2)14-20-12(19-13(18)21-14)9(7-17)5-8-3-4-10(15)11(16)6-8/h3-6H,1-2H3,(H2,18,19,20,21)/b9-5-. The van der Waals surface area contributed by atoms with Crippen LogP contribution >= 0.6 is 23.2 Å². The molecular formula is C14H12Cl2N6. The van der Waals surface area contributed by atoms with Crippen LogP contribution in [0.25, 0.3) is 11.6 Å². The average Bonchev–Trinajstić information content (AvgIpc) is 2.47. The minimum Gasteiger partial charge on any atom is -0.368 e. The second-order valence-corrected chi connectivity index (χ2v) is 5.37. The first kappa shape index (κ1) is 16.0. The van der Waals surface area contributed by atoms with Gasteiger partial charge in [-0.05, 0) is 23.8 Å². The van der Waals surface area contributed by atoms with Crippen LogP contribution in [0.2, 0.25) is 10.0 Å². The van der Waals surface area contributed by atoms with Crippen LogP contribution in [0, 0.1) is 11.3 Å². The molecule has 1 heterocycles. The van der Waals surface area contributed by atoms with Gasteiger partial charge in [0.1, 0.15) is 6.07 Å². The predicted octanol–water partition coefficient (Wildman–Crippen LogP) is 2.89. The van der Waals surface area contributed by atoms with Crippen molar-refractivity contribution in [3.63, 3.8) is 0 Å². The number of nitrogens with zero attached hydrogens (tertiary/aromatic N) is 5. The Morgan fingerprint density at radius 1 is 1.23 bits per heavy atom. The molecule has 1 aromatic heterocycles. The van der Waals surface area contributed by atoms with Crippen molar-refractivity contribution in [2.75, 3.05) is 24.7 Å². The lowest BCUT2D eigenvalue weighted by molar-refractivity contribution is 0.952. The van der Waals surface area contributed by atoms with Gasteiger partial charge in [-0.2, -0.15) is 20.2 Å². The fourth-order valence-corrected chi connectivity index (χ4v) is 1.92. The van der Waals surface area contributed by atoms with E-state index in [2.05, 4.69) is 21.0 Å². The number of aromatic nitrogens is 3. The highest BCUT2D eigenvalue weighted by Crippen LogP contribution is 2.25. The zero-order valence-electron chi connectivity index (χ0n) is 11.9. The monoisotopic (exact) mass is 334 g/mol. The maximum atomic E-state index is 9.35. The summed E-state index contributed by atoms with van der Waals surface area (Å²) in [5.74, 6) is 0.617. The van der Waals surface area contributed by atoms with E-state index >= 15 is 0 Å². The third-order valence-electron chi connectivity index (χ3n) is 2.66. The molecule has 0 radical (unpaired) electrons. The van der Waals surface area contributed by atoms with E-state index < -0.39 is 0 Å². The smallest absolute Gasteiger partial charge is 0.230 e. The van der Waals surface area contributed by atoms with Gasteiger partial charge in [-0.25, -0.2) is 0 Å². The van der Waals surface area contributed by atoms with Crippen molar-refractivity contribution in [2.45, 2.75) is 0 Å².